The summed E-state index contributed by atoms with van der Waals surface area (Å²) < 4.78 is 2.15. The number of benzene rings is 2. The first kappa shape index (κ1) is 23.2. The number of nitrogen functional groups attached to an aromatic ring is 1. The highest BCUT2D eigenvalue weighted by molar-refractivity contribution is 6.13. The van der Waals surface area contributed by atoms with Gasteiger partial charge in [-0.25, -0.2) is 9.55 Å². The first-order valence-corrected chi connectivity index (χ1v) is 11.1. The van der Waals surface area contributed by atoms with Crippen molar-refractivity contribution in [3.05, 3.63) is 75.5 Å². The fourth-order valence-corrected chi connectivity index (χ4v) is 4.31. The molecule has 0 aliphatic heterocycles. The molecule has 2 heterocycles. The van der Waals surface area contributed by atoms with Crippen LogP contribution in [0.25, 0.3) is 21.8 Å². The van der Waals surface area contributed by atoms with Crippen LogP contribution in [0.1, 0.15) is 21.6 Å². The van der Waals surface area contributed by atoms with E-state index in [1.807, 2.05) is 51.4 Å². The zero-order chi connectivity index (χ0) is 24.6. The number of nitrogens with one attached hydrogen (secondary N) is 1. The van der Waals surface area contributed by atoms with Crippen molar-refractivity contribution >= 4 is 39.2 Å². The number of aryl methyl sites for hydroxylation is 1. The van der Waals surface area contributed by atoms with Crippen LogP contribution in [-0.2, 0) is 13.6 Å². The summed E-state index contributed by atoms with van der Waals surface area (Å²) in [5, 5.41) is 15.7. The molecule has 0 fully saturated rings. The number of aromatic nitrogens is 2. The van der Waals surface area contributed by atoms with Gasteiger partial charge in [0.1, 0.15) is 6.54 Å². The predicted octanol–water partition coefficient (Wildman–Crippen LogP) is 3.53. The topological polar surface area (TPSA) is 116 Å². The van der Waals surface area contributed by atoms with E-state index in [9.17, 15) is 14.9 Å². The standard InChI is InChI=1S/C25H28N6O3/c1-16-7-5-8-18-22(26)19-9-6-10-20(24(19)28-23(16)18)25(32)27-13-14-31(3,4)15-17-11-12-21(29(17)2)30(33)34/h5-12H,13-15H2,1-4H3,(H2-,26,27,28,32)/p+1. The number of amides is 1. The molecule has 0 spiro atoms. The quantitative estimate of drug-likeness (QED) is 0.189. The summed E-state index contributed by atoms with van der Waals surface area (Å²) >= 11 is 0. The molecule has 0 aliphatic rings. The number of hydrogen-bond acceptors (Lipinski definition) is 5. The van der Waals surface area contributed by atoms with E-state index in [1.54, 1.807) is 23.7 Å². The van der Waals surface area contributed by atoms with Crippen LogP contribution in [0.2, 0.25) is 0 Å². The van der Waals surface area contributed by atoms with Gasteiger partial charge in [0, 0.05) is 16.8 Å². The Hall–Kier alpha value is -3.98. The number of nitrogens with zero attached hydrogens (tertiary/aromatic N) is 4. The number of rotatable bonds is 7. The molecule has 0 bridgehead atoms. The van der Waals surface area contributed by atoms with Crippen molar-refractivity contribution in [2.75, 3.05) is 32.9 Å². The van der Waals surface area contributed by atoms with Crippen LogP contribution in [-0.4, -0.2) is 52.0 Å². The molecule has 0 unspecified atom stereocenters. The van der Waals surface area contributed by atoms with Gasteiger partial charge in [-0.15, -0.1) is 0 Å². The van der Waals surface area contributed by atoms with E-state index in [-0.39, 0.29) is 16.6 Å². The Morgan fingerprint density at radius 2 is 1.79 bits per heavy atom. The lowest BCUT2D eigenvalue weighted by Crippen LogP contribution is -2.45. The molecule has 3 N–H and O–H groups in total. The molecule has 1 amide bonds. The number of para-hydroxylation sites is 2. The summed E-state index contributed by atoms with van der Waals surface area (Å²) in [7, 11) is 5.75. The van der Waals surface area contributed by atoms with Gasteiger partial charge in [-0.05, 0) is 29.5 Å². The van der Waals surface area contributed by atoms with Crippen LogP contribution in [0.15, 0.2) is 48.5 Å². The van der Waals surface area contributed by atoms with Gasteiger partial charge in [0.25, 0.3) is 5.91 Å². The molecule has 2 aromatic heterocycles. The second-order valence-corrected chi connectivity index (χ2v) is 9.27. The molecule has 176 valence electrons. The number of carbonyl (C=O) groups excluding carboxylic acids is 1. The SMILES string of the molecule is Cc1cccc2c(N)c3cccc(C(=O)NCC[N+](C)(C)Cc4ccc([N+](=O)[O-])n4C)c3nc12. The third-order valence-corrected chi connectivity index (χ3v) is 6.30. The van der Waals surface area contributed by atoms with Gasteiger partial charge in [-0.3, -0.25) is 4.79 Å². The van der Waals surface area contributed by atoms with Crippen molar-refractivity contribution in [3.63, 3.8) is 0 Å². The Morgan fingerprint density at radius 1 is 1.12 bits per heavy atom. The minimum atomic E-state index is -0.389. The van der Waals surface area contributed by atoms with Gasteiger partial charge in [-0.1, -0.05) is 30.3 Å². The second-order valence-electron chi connectivity index (χ2n) is 9.27. The highest BCUT2D eigenvalue weighted by Gasteiger charge is 2.24. The maximum atomic E-state index is 13.1. The van der Waals surface area contributed by atoms with Crippen molar-refractivity contribution < 1.29 is 14.2 Å². The minimum Gasteiger partial charge on any atom is -0.398 e. The number of nitrogens with two attached hydrogens (primary N) is 1. The Bertz CT molecular complexity index is 1420. The van der Waals surface area contributed by atoms with E-state index < -0.39 is 0 Å². The summed E-state index contributed by atoms with van der Waals surface area (Å²) in [6.45, 7) is 3.66. The van der Waals surface area contributed by atoms with E-state index in [0.717, 1.165) is 27.5 Å². The van der Waals surface area contributed by atoms with E-state index in [2.05, 4.69) is 5.32 Å². The molecule has 0 radical (unpaired) electrons. The van der Waals surface area contributed by atoms with Gasteiger partial charge in [0.05, 0.1) is 56.5 Å². The largest absolute Gasteiger partial charge is 0.398 e. The number of fused-ring (bicyclic) bond motifs is 2. The molecule has 0 saturated carbocycles. The molecular weight excluding hydrogens is 432 g/mol. The van der Waals surface area contributed by atoms with Gasteiger partial charge in [-0.2, -0.15) is 0 Å². The lowest BCUT2D eigenvalue weighted by atomic mass is 10.0. The molecule has 34 heavy (non-hydrogen) atoms. The number of quaternary nitrogens is 1. The average Bonchev–Trinajstić information content (AvgIpc) is 3.13. The predicted molar refractivity (Wildman–Crippen MR) is 133 cm³/mol. The molecule has 0 aliphatic carbocycles. The third kappa shape index (κ3) is 4.29. The Morgan fingerprint density at radius 3 is 2.47 bits per heavy atom. The molecule has 4 aromatic rings. The van der Waals surface area contributed by atoms with Crippen molar-refractivity contribution in [2.45, 2.75) is 13.5 Å². The number of anilines is 1. The van der Waals surface area contributed by atoms with Gasteiger partial charge >= 0.3 is 5.82 Å². The molecule has 0 atom stereocenters. The first-order chi connectivity index (χ1) is 16.1. The van der Waals surface area contributed by atoms with Gasteiger partial charge < -0.3 is 25.6 Å². The summed E-state index contributed by atoms with van der Waals surface area (Å²) in [6, 6.07) is 14.6. The van der Waals surface area contributed by atoms with Gasteiger partial charge in [0.2, 0.25) is 0 Å². The Labute approximate surface area is 197 Å². The maximum Gasteiger partial charge on any atom is 0.323 e. The fraction of sp³-hybridized carbons (Fsp3) is 0.280. The van der Waals surface area contributed by atoms with Crippen LogP contribution >= 0.6 is 0 Å². The maximum absolute atomic E-state index is 13.1. The smallest absolute Gasteiger partial charge is 0.323 e. The number of nitro groups is 1. The summed E-state index contributed by atoms with van der Waals surface area (Å²) in [4.78, 5) is 28.6. The molecule has 4 rings (SSSR count). The molecule has 2 aromatic carbocycles. The summed E-state index contributed by atoms with van der Waals surface area (Å²) in [6.07, 6.45) is 0. The van der Waals surface area contributed by atoms with Crippen molar-refractivity contribution in [1.29, 1.82) is 0 Å². The highest BCUT2D eigenvalue weighted by atomic mass is 16.6. The number of carbonyl (C=O) groups is 1. The zero-order valence-electron chi connectivity index (χ0n) is 19.8. The highest BCUT2D eigenvalue weighted by Crippen LogP contribution is 2.31. The Kier molecular flexibility index (Phi) is 5.97. The number of likely N-dealkylation sites (N-methyl/N-ethyl adjacent to an activating group) is 1. The molecular formula is C25H29N6O3+. The van der Waals surface area contributed by atoms with E-state index in [1.165, 1.54) is 6.07 Å². The second kappa shape index (κ2) is 8.75. The average molecular weight is 462 g/mol. The number of pyridine rings is 1. The normalized spacial score (nSPS) is 11.8. The number of hydrogen-bond donors (Lipinski definition) is 2. The lowest BCUT2D eigenvalue weighted by Gasteiger charge is -2.29. The summed E-state index contributed by atoms with van der Waals surface area (Å²) in [5.74, 6) is -0.145. The first-order valence-electron chi connectivity index (χ1n) is 11.1. The fourth-order valence-electron chi connectivity index (χ4n) is 4.31. The van der Waals surface area contributed by atoms with E-state index >= 15 is 0 Å². The van der Waals surface area contributed by atoms with Crippen LogP contribution < -0.4 is 11.1 Å². The van der Waals surface area contributed by atoms with Crippen LogP contribution in [0.3, 0.4) is 0 Å². The lowest BCUT2D eigenvalue weighted by molar-refractivity contribution is -0.902. The van der Waals surface area contributed by atoms with Crippen LogP contribution in [0.4, 0.5) is 11.5 Å². The van der Waals surface area contributed by atoms with Crippen molar-refractivity contribution in [1.82, 2.24) is 14.9 Å². The minimum absolute atomic E-state index is 0.0637. The van der Waals surface area contributed by atoms with Crippen LogP contribution in [0.5, 0.6) is 0 Å². The molecule has 0 saturated heterocycles. The van der Waals surface area contributed by atoms with Gasteiger partial charge in [0.15, 0.2) is 5.69 Å². The molecule has 9 heteroatoms. The Balaban J connectivity index is 1.51. The van der Waals surface area contributed by atoms with Crippen molar-refractivity contribution in [3.8, 4) is 0 Å². The zero-order valence-corrected chi connectivity index (χ0v) is 19.8. The van der Waals surface area contributed by atoms with E-state index in [4.69, 9.17) is 10.7 Å². The van der Waals surface area contributed by atoms with Crippen LogP contribution in [0, 0.1) is 17.0 Å². The monoisotopic (exact) mass is 461 g/mol. The van der Waals surface area contributed by atoms with Crippen molar-refractivity contribution in [2.24, 2.45) is 7.05 Å². The summed E-state index contributed by atoms with van der Waals surface area (Å²) in [5.41, 5.74) is 10.8. The van der Waals surface area contributed by atoms with E-state index in [0.29, 0.717) is 40.9 Å². The molecule has 9 nitrogen and oxygen atoms in total. The third-order valence-electron chi connectivity index (χ3n) is 6.30.